The van der Waals surface area contributed by atoms with Gasteiger partial charge in [-0.15, -0.1) is 0 Å². The number of halogens is 3. The number of rotatable bonds is 4. The Hall–Kier alpha value is -4.34. The van der Waals surface area contributed by atoms with Crippen molar-refractivity contribution in [2.75, 3.05) is 31.6 Å². The fraction of sp³-hybridized carbons (Fsp3) is 0.222. The summed E-state index contributed by atoms with van der Waals surface area (Å²) >= 11 is 0. The Bertz CT molecular complexity index is 1360. The third-order valence-electron chi connectivity index (χ3n) is 6.43. The van der Waals surface area contributed by atoms with Crippen LogP contribution in [-0.2, 0) is 15.8 Å². The van der Waals surface area contributed by atoms with E-state index in [9.17, 15) is 27.6 Å². The van der Waals surface area contributed by atoms with Crippen LogP contribution in [0.25, 0.3) is 11.1 Å². The molecule has 0 bridgehead atoms. The molecule has 2 aliphatic heterocycles. The maximum absolute atomic E-state index is 13.4. The summed E-state index contributed by atoms with van der Waals surface area (Å²) in [5.41, 5.74) is 0.365. The highest BCUT2D eigenvalue weighted by Gasteiger charge is 2.40. The summed E-state index contributed by atoms with van der Waals surface area (Å²) in [7, 11) is 0. The van der Waals surface area contributed by atoms with Crippen molar-refractivity contribution in [1.82, 2.24) is 9.80 Å². The molecule has 7 nitrogen and oxygen atoms in total. The second kappa shape index (κ2) is 9.61. The van der Waals surface area contributed by atoms with Crippen LogP contribution in [0.1, 0.15) is 15.9 Å². The van der Waals surface area contributed by atoms with E-state index < -0.39 is 29.6 Å². The van der Waals surface area contributed by atoms with Gasteiger partial charge in [-0.2, -0.15) is 13.2 Å². The number of nitrogens with one attached hydrogen (secondary N) is 1. The topological polar surface area (TPSA) is 79.0 Å². The van der Waals surface area contributed by atoms with Gasteiger partial charge in [-0.05, 0) is 47.5 Å². The molecule has 10 heteroatoms. The lowest BCUT2D eigenvalue weighted by molar-refractivity contribution is -0.138. The maximum Gasteiger partial charge on any atom is 0.416 e. The molecule has 5 rings (SSSR count). The highest BCUT2D eigenvalue weighted by molar-refractivity contribution is 6.10. The van der Waals surface area contributed by atoms with E-state index in [1.54, 1.807) is 30.3 Å². The number of hydrogen-bond acceptors (Lipinski definition) is 4. The van der Waals surface area contributed by atoms with E-state index in [1.165, 1.54) is 34.1 Å². The van der Waals surface area contributed by atoms with Gasteiger partial charge in [-0.1, -0.05) is 36.4 Å². The van der Waals surface area contributed by atoms with Gasteiger partial charge in [0, 0.05) is 13.1 Å². The van der Waals surface area contributed by atoms with Gasteiger partial charge in [0.1, 0.15) is 11.8 Å². The zero-order valence-electron chi connectivity index (χ0n) is 19.5. The van der Waals surface area contributed by atoms with Crippen LogP contribution in [0, 0.1) is 0 Å². The number of carbonyl (C=O) groups excluding carboxylic acids is 3. The molecule has 190 valence electrons. The van der Waals surface area contributed by atoms with Gasteiger partial charge >= 0.3 is 6.18 Å². The van der Waals surface area contributed by atoms with Crippen molar-refractivity contribution in [2.24, 2.45) is 0 Å². The number of amides is 3. The lowest BCUT2D eigenvalue weighted by Crippen LogP contribution is -2.60. The van der Waals surface area contributed by atoms with Crippen LogP contribution in [0.4, 0.5) is 18.9 Å². The largest absolute Gasteiger partial charge is 0.484 e. The molecule has 0 spiro atoms. The molecule has 1 unspecified atom stereocenters. The molecular formula is C27H22F3N3O4. The van der Waals surface area contributed by atoms with E-state index in [-0.39, 0.29) is 43.4 Å². The summed E-state index contributed by atoms with van der Waals surface area (Å²) in [6.45, 7) is 0.145. The Labute approximate surface area is 210 Å². The molecule has 3 amide bonds. The summed E-state index contributed by atoms with van der Waals surface area (Å²) in [5.74, 6) is -0.638. The second-order valence-electron chi connectivity index (χ2n) is 8.78. The predicted molar refractivity (Wildman–Crippen MR) is 129 cm³/mol. The van der Waals surface area contributed by atoms with Crippen molar-refractivity contribution in [3.63, 3.8) is 0 Å². The SMILES string of the molecule is O=C1Nc2ccc(-c3cccc(C(F)(F)F)c3)cc2C(=O)N2CCN(C(=O)COc3ccccc3)CC12. The number of anilines is 1. The number of para-hydroxylation sites is 1. The highest BCUT2D eigenvalue weighted by atomic mass is 19.4. The van der Waals surface area contributed by atoms with E-state index >= 15 is 0 Å². The minimum Gasteiger partial charge on any atom is -0.484 e. The molecule has 37 heavy (non-hydrogen) atoms. The smallest absolute Gasteiger partial charge is 0.416 e. The normalized spacial score (nSPS) is 17.4. The van der Waals surface area contributed by atoms with Gasteiger partial charge in [-0.3, -0.25) is 14.4 Å². The molecule has 1 fully saturated rings. The first-order valence-corrected chi connectivity index (χ1v) is 11.6. The number of alkyl halides is 3. The summed E-state index contributed by atoms with van der Waals surface area (Å²) in [6.07, 6.45) is -4.50. The lowest BCUT2D eigenvalue weighted by Gasteiger charge is -2.39. The van der Waals surface area contributed by atoms with Gasteiger partial charge in [0.15, 0.2) is 6.61 Å². The van der Waals surface area contributed by atoms with E-state index in [4.69, 9.17) is 4.74 Å². The zero-order valence-corrected chi connectivity index (χ0v) is 19.5. The van der Waals surface area contributed by atoms with Crippen molar-refractivity contribution < 1.29 is 32.3 Å². The molecule has 2 aliphatic rings. The first-order chi connectivity index (χ1) is 17.7. The van der Waals surface area contributed by atoms with Crippen molar-refractivity contribution >= 4 is 23.4 Å². The average Bonchev–Trinajstić information content (AvgIpc) is 3.01. The van der Waals surface area contributed by atoms with Gasteiger partial charge in [0.05, 0.1) is 23.4 Å². The first-order valence-electron chi connectivity index (χ1n) is 11.6. The molecule has 1 saturated heterocycles. The number of nitrogens with zero attached hydrogens (tertiary/aromatic N) is 2. The average molecular weight is 509 g/mol. The molecule has 2 heterocycles. The lowest BCUT2D eigenvalue weighted by atomic mass is 9.99. The first kappa shape index (κ1) is 24.4. The Kier molecular flexibility index (Phi) is 6.32. The monoisotopic (exact) mass is 509 g/mol. The molecule has 0 saturated carbocycles. The van der Waals surface area contributed by atoms with Crippen LogP contribution < -0.4 is 10.1 Å². The molecule has 0 radical (unpaired) electrons. The molecule has 0 aromatic heterocycles. The fourth-order valence-corrected chi connectivity index (χ4v) is 4.49. The molecule has 3 aromatic carbocycles. The number of benzene rings is 3. The summed E-state index contributed by atoms with van der Waals surface area (Å²) in [6, 6.07) is 17.3. The Morgan fingerprint density at radius 3 is 2.46 bits per heavy atom. The molecular weight excluding hydrogens is 487 g/mol. The molecule has 1 N–H and O–H groups in total. The summed E-state index contributed by atoms with van der Waals surface area (Å²) < 4.78 is 45.1. The third-order valence-corrected chi connectivity index (χ3v) is 6.43. The third kappa shape index (κ3) is 5.00. The minimum absolute atomic E-state index is 0.00301. The second-order valence-corrected chi connectivity index (χ2v) is 8.78. The Morgan fingerprint density at radius 1 is 0.946 bits per heavy atom. The van der Waals surface area contributed by atoms with E-state index in [0.29, 0.717) is 16.9 Å². The minimum atomic E-state index is -4.50. The predicted octanol–water partition coefficient (Wildman–Crippen LogP) is 4.06. The van der Waals surface area contributed by atoms with Crippen LogP contribution in [-0.4, -0.2) is 59.8 Å². The number of fused-ring (bicyclic) bond motifs is 2. The van der Waals surface area contributed by atoms with Crippen LogP contribution in [0.2, 0.25) is 0 Å². The quantitative estimate of drug-likeness (QED) is 0.576. The van der Waals surface area contributed by atoms with Crippen LogP contribution in [0.5, 0.6) is 5.75 Å². The van der Waals surface area contributed by atoms with Gasteiger partial charge < -0.3 is 19.9 Å². The van der Waals surface area contributed by atoms with E-state index in [2.05, 4.69) is 5.32 Å². The van der Waals surface area contributed by atoms with Crippen molar-refractivity contribution in [1.29, 1.82) is 0 Å². The van der Waals surface area contributed by atoms with Gasteiger partial charge in [0.2, 0.25) is 5.91 Å². The number of ether oxygens (including phenoxy) is 1. The molecule has 3 aromatic rings. The van der Waals surface area contributed by atoms with Crippen molar-refractivity contribution in [2.45, 2.75) is 12.2 Å². The van der Waals surface area contributed by atoms with Crippen molar-refractivity contribution in [3.05, 3.63) is 83.9 Å². The standard InChI is InChI=1S/C27H22F3N3O4/c28-27(29,30)19-6-4-5-17(13-19)18-9-10-22-21(14-18)26(36)33-12-11-32(15-23(33)25(35)31-22)24(34)16-37-20-7-2-1-3-8-20/h1-10,13-14,23H,11-12,15-16H2,(H,31,35). The van der Waals surface area contributed by atoms with Gasteiger partial charge in [0.25, 0.3) is 11.8 Å². The highest BCUT2D eigenvalue weighted by Crippen LogP contribution is 2.34. The van der Waals surface area contributed by atoms with Crippen LogP contribution in [0.15, 0.2) is 72.8 Å². The van der Waals surface area contributed by atoms with Crippen LogP contribution in [0.3, 0.4) is 0 Å². The summed E-state index contributed by atoms with van der Waals surface area (Å²) in [4.78, 5) is 42.1. The number of carbonyl (C=O) groups is 3. The fourth-order valence-electron chi connectivity index (χ4n) is 4.49. The summed E-state index contributed by atoms with van der Waals surface area (Å²) in [5, 5.41) is 2.73. The van der Waals surface area contributed by atoms with E-state index in [0.717, 1.165) is 12.1 Å². The zero-order chi connectivity index (χ0) is 26.2. The maximum atomic E-state index is 13.4. The molecule has 0 aliphatic carbocycles. The van der Waals surface area contributed by atoms with E-state index in [1.807, 2.05) is 6.07 Å². The number of piperazine rings is 1. The Balaban J connectivity index is 1.34. The number of hydrogen-bond donors (Lipinski definition) is 1. The Morgan fingerprint density at radius 2 is 1.70 bits per heavy atom. The van der Waals surface area contributed by atoms with Crippen molar-refractivity contribution in [3.8, 4) is 16.9 Å². The van der Waals surface area contributed by atoms with Crippen LogP contribution >= 0.6 is 0 Å². The van der Waals surface area contributed by atoms with Gasteiger partial charge in [-0.25, -0.2) is 0 Å². The molecule has 1 atom stereocenters.